The van der Waals surface area contributed by atoms with Crippen molar-refractivity contribution in [1.29, 1.82) is 0 Å². The van der Waals surface area contributed by atoms with E-state index in [4.69, 9.17) is 0 Å². The van der Waals surface area contributed by atoms with Gasteiger partial charge in [0, 0.05) is 13.1 Å². The van der Waals surface area contributed by atoms with E-state index >= 15 is 9.59 Å². The lowest BCUT2D eigenvalue weighted by molar-refractivity contribution is 0.351. The van der Waals surface area contributed by atoms with Gasteiger partial charge in [0.15, 0.2) is 0 Å². The maximum atomic E-state index is 15.1. The minimum Gasteiger partial charge on any atom is -0.274 e. The van der Waals surface area contributed by atoms with Crippen LogP contribution in [0.1, 0.15) is 233 Å². The van der Waals surface area contributed by atoms with Crippen molar-refractivity contribution >= 4 is 64.6 Å². The Bertz CT molecular complexity index is 2800. The van der Waals surface area contributed by atoms with Gasteiger partial charge in [-0.1, -0.05) is 268 Å². The highest BCUT2D eigenvalue weighted by Gasteiger charge is 2.27. The fraction of sp³-hybridized carbons (Fsp3) is 0.606. The molecular weight excluding hydrogens is 885 g/mol. The molecule has 0 spiro atoms. The minimum atomic E-state index is -0.204. The highest BCUT2D eigenvalue weighted by Crippen LogP contribution is 2.42. The summed E-state index contributed by atoms with van der Waals surface area (Å²) in [5.41, 5.74) is -0.779. The lowest BCUT2D eigenvalue weighted by Gasteiger charge is -2.17. The van der Waals surface area contributed by atoms with E-state index in [9.17, 15) is 9.59 Å². The van der Waals surface area contributed by atoms with E-state index < -0.39 is 0 Å². The predicted octanol–water partition coefficient (Wildman–Crippen LogP) is 18.3. The van der Waals surface area contributed by atoms with Gasteiger partial charge in [0.2, 0.25) is 0 Å². The molecule has 0 fully saturated rings. The first kappa shape index (κ1) is 55.2. The van der Waals surface area contributed by atoms with E-state index in [0.717, 1.165) is 94.5 Å². The molecule has 0 saturated carbocycles. The van der Waals surface area contributed by atoms with Gasteiger partial charge >= 0.3 is 0 Å². The predicted molar refractivity (Wildman–Crippen MR) is 312 cm³/mol. The second kappa shape index (κ2) is 28.8. The van der Waals surface area contributed by atoms with Gasteiger partial charge in [-0.25, -0.2) is 0 Å². The molecule has 0 N–H and O–H groups in total. The Hall–Kier alpha value is -4.58. The largest absolute Gasteiger partial charge is 0.274 e. The summed E-state index contributed by atoms with van der Waals surface area (Å²) in [4.78, 5) is 59.9. The van der Waals surface area contributed by atoms with Crippen molar-refractivity contribution in [3.05, 3.63) is 102 Å². The van der Waals surface area contributed by atoms with E-state index in [2.05, 4.69) is 39.8 Å². The summed E-state index contributed by atoms with van der Waals surface area (Å²) >= 11 is 0. The van der Waals surface area contributed by atoms with Gasteiger partial charge in [-0.15, -0.1) is 0 Å². The van der Waals surface area contributed by atoms with Gasteiger partial charge in [0.05, 0.1) is 21.5 Å². The molecule has 2 atom stereocenters. The summed E-state index contributed by atoms with van der Waals surface area (Å²) in [6, 6.07) is 20.0. The van der Waals surface area contributed by atoms with Crippen LogP contribution >= 0.6 is 0 Å². The number of benzene rings is 5. The molecule has 5 aromatic carbocycles. The van der Waals surface area contributed by atoms with Crippen molar-refractivity contribution in [3.8, 4) is 0 Å². The summed E-state index contributed by atoms with van der Waals surface area (Å²) in [7, 11) is 0. The number of nitrogens with zero attached hydrogens (tertiary/aromatic N) is 2. The van der Waals surface area contributed by atoms with E-state index in [1.807, 2.05) is 48.5 Å². The summed E-state index contributed by atoms with van der Waals surface area (Å²) in [6.07, 6.45) is 39.0. The fourth-order valence-corrected chi connectivity index (χ4v) is 12.6. The molecule has 2 heterocycles. The van der Waals surface area contributed by atoms with Crippen LogP contribution in [0.4, 0.5) is 0 Å². The van der Waals surface area contributed by atoms with E-state index in [-0.39, 0.29) is 34.1 Å². The molecule has 0 aliphatic rings. The van der Waals surface area contributed by atoms with Gasteiger partial charge in [-0.05, 0) is 80.6 Å². The zero-order valence-electron chi connectivity index (χ0n) is 45.5. The number of hydrogen-bond acceptors (Lipinski definition) is 4. The molecule has 7 aromatic rings. The number of hydrogen-bond donors (Lipinski definition) is 0. The highest BCUT2D eigenvalue weighted by molar-refractivity contribution is 6.39. The second-order valence-corrected chi connectivity index (χ2v) is 22.3. The maximum Gasteiger partial charge on any atom is 0.262 e. The Balaban J connectivity index is 1.28. The van der Waals surface area contributed by atoms with Gasteiger partial charge < -0.3 is 0 Å². The van der Waals surface area contributed by atoms with Crippen LogP contribution < -0.4 is 22.2 Å². The van der Waals surface area contributed by atoms with Crippen LogP contribution in [-0.2, 0) is 13.1 Å². The number of rotatable bonds is 36. The molecule has 2 unspecified atom stereocenters. The van der Waals surface area contributed by atoms with E-state index in [0.29, 0.717) is 34.6 Å². The molecule has 0 radical (unpaired) electrons. The summed E-state index contributed by atoms with van der Waals surface area (Å²) in [5.74, 6) is 0.529. The number of unbranched alkanes of at least 4 members (excludes halogenated alkanes) is 24. The Labute approximate surface area is 432 Å². The first-order valence-electron chi connectivity index (χ1n) is 29.9. The van der Waals surface area contributed by atoms with Crippen molar-refractivity contribution in [1.82, 2.24) is 9.13 Å². The average Bonchev–Trinajstić information content (AvgIpc) is 3.80. The summed E-state index contributed by atoms with van der Waals surface area (Å²) < 4.78 is 3.17. The van der Waals surface area contributed by atoms with Crippen LogP contribution in [-0.4, -0.2) is 9.13 Å². The summed E-state index contributed by atoms with van der Waals surface area (Å²) in [5, 5.41) is 8.55. The molecule has 72 heavy (non-hydrogen) atoms. The van der Waals surface area contributed by atoms with Crippen molar-refractivity contribution in [3.63, 3.8) is 0 Å². The zero-order chi connectivity index (χ0) is 50.7. The molecule has 6 heteroatoms. The molecule has 0 bridgehead atoms. The Morgan fingerprint density at radius 2 is 0.500 bits per heavy atom. The lowest BCUT2D eigenvalue weighted by Crippen LogP contribution is -2.29. The first-order valence-corrected chi connectivity index (χ1v) is 29.9. The first-order chi connectivity index (χ1) is 35.4. The lowest BCUT2D eigenvalue weighted by atomic mass is 9.88. The molecule has 2 aromatic heterocycles. The monoisotopic (exact) mass is 977 g/mol. The van der Waals surface area contributed by atoms with Crippen LogP contribution in [0, 0.1) is 11.8 Å². The van der Waals surface area contributed by atoms with Crippen LogP contribution in [0.3, 0.4) is 0 Å². The normalized spacial score (nSPS) is 13.1. The van der Waals surface area contributed by atoms with Gasteiger partial charge in [0.25, 0.3) is 22.2 Å². The van der Waals surface area contributed by atoms with Crippen molar-refractivity contribution < 1.29 is 0 Å². The quantitative estimate of drug-likeness (QED) is 0.0290. The van der Waals surface area contributed by atoms with Crippen LogP contribution in [0.15, 0.2) is 79.8 Å². The van der Waals surface area contributed by atoms with E-state index in [1.54, 1.807) is 9.13 Å². The molecule has 7 rings (SSSR count). The third-order valence-electron chi connectivity index (χ3n) is 16.8. The molecular formula is C66H92N2O4. The third kappa shape index (κ3) is 13.4. The van der Waals surface area contributed by atoms with Gasteiger partial charge in [-0.2, -0.15) is 0 Å². The standard InChI is InChI=1S/C66H92N2O4/c1-5-9-13-17-21-23-27-31-39-49(37-29-25-19-15-11-7-3)47-67-63(69)59-53-43-35-33-41-51(53)57-55(61(59)65(67)71)45-46-56-58(57)52-42-34-36-44-54(52)60-62(56)66(72)68(64(60)70)48-50(38-30-26-20-16-12-8-4)40-32-28-24-22-18-14-10-6-2/h33-36,41-46,49-50H,5-32,37-40,47-48H2,1-4H3. The smallest absolute Gasteiger partial charge is 0.262 e. The van der Waals surface area contributed by atoms with Crippen molar-refractivity contribution in [2.24, 2.45) is 11.8 Å². The topological polar surface area (TPSA) is 78.1 Å². The molecule has 0 aliphatic heterocycles. The Kier molecular flexibility index (Phi) is 22.0. The van der Waals surface area contributed by atoms with Crippen LogP contribution in [0.2, 0.25) is 0 Å². The van der Waals surface area contributed by atoms with Crippen LogP contribution in [0.25, 0.3) is 64.6 Å². The molecule has 390 valence electrons. The highest BCUT2D eigenvalue weighted by atomic mass is 16.2. The minimum absolute atomic E-state index is 0.185. The van der Waals surface area contributed by atoms with Crippen LogP contribution in [0.5, 0.6) is 0 Å². The average molecular weight is 977 g/mol. The number of aromatic nitrogens is 2. The zero-order valence-corrected chi connectivity index (χ0v) is 45.5. The van der Waals surface area contributed by atoms with E-state index in [1.165, 1.54) is 154 Å². The molecule has 0 aliphatic carbocycles. The molecule has 6 nitrogen and oxygen atoms in total. The van der Waals surface area contributed by atoms with Gasteiger partial charge in [-0.3, -0.25) is 28.3 Å². The van der Waals surface area contributed by atoms with Gasteiger partial charge in [0.1, 0.15) is 0 Å². The molecule has 0 amide bonds. The SMILES string of the molecule is CCCCCCCCCCC(CCCCCCCC)Cn1c(=O)c2c3ccccc3c3c(ccc4c5c(=O)n(CC(CCCCCCCC)CCCCCCCCCC)c(=O)c5c5ccccc5c43)c2c1=O. The molecule has 0 saturated heterocycles. The van der Waals surface area contributed by atoms with Crippen molar-refractivity contribution in [2.45, 2.75) is 246 Å². The van der Waals surface area contributed by atoms with Crippen molar-refractivity contribution in [2.75, 3.05) is 0 Å². The summed E-state index contributed by atoms with van der Waals surface area (Å²) in [6.45, 7) is 9.94. The number of fused-ring (bicyclic) bond motifs is 13. The maximum absolute atomic E-state index is 15.1. The Morgan fingerprint density at radius 3 is 0.764 bits per heavy atom. The third-order valence-corrected chi connectivity index (χ3v) is 16.8. The second-order valence-electron chi connectivity index (χ2n) is 22.3. The fourth-order valence-electron chi connectivity index (χ4n) is 12.6. The Morgan fingerprint density at radius 1 is 0.278 bits per heavy atom.